The number of fused-ring (bicyclic) bond motifs is 1. The number of likely N-dealkylation sites (N-methyl/N-ethyl adjacent to an activating group) is 1. The zero-order valence-electron chi connectivity index (χ0n) is 10.1. The third-order valence-electron chi connectivity index (χ3n) is 4.33. The molecule has 1 heteroatoms. The number of nitrogens with one attached hydrogen (secondary N) is 1. The predicted molar refractivity (Wildman–Crippen MR) is 67.7 cm³/mol. The van der Waals surface area contributed by atoms with E-state index in [9.17, 15) is 0 Å². The van der Waals surface area contributed by atoms with E-state index in [2.05, 4.69) is 36.6 Å². The van der Waals surface area contributed by atoms with E-state index in [4.69, 9.17) is 0 Å². The molecule has 1 aromatic rings. The molecule has 0 spiro atoms. The van der Waals surface area contributed by atoms with Gasteiger partial charge in [-0.2, -0.15) is 0 Å². The Bertz CT molecular complexity index is 367. The van der Waals surface area contributed by atoms with Crippen molar-refractivity contribution in [3.63, 3.8) is 0 Å². The van der Waals surface area contributed by atoms with Crippen molar-refractivity contribution in [2.45, 2.75) is 44.1 Å². The van der Waals surface area contributed by atoms with Crippen molar-refractivity contribution in [3.05, 3.63) is 35.4 Å². The Morgan fingerprint density at radius 1 is 1.31 bits per heavy atom. The van der Waals surface area contributed by atoms with Crippen molar-refractivity contribution in [3.8, 4) is 0 Å². The first-order chi connectivity index (χ1) is 7.88. The normalized spacial score (nSPS) is 24.7. The molecule has 1 N–H and O–H groups in total. The molecule has 0 amide bonds. The molecule has 0 saturated heterocycles. The molecule has 0 bridgehead atoms. The minimum absolute atomic E-state index is 0.704. The van der Waals surface area contributed by atoms with Gasteiger partial charge >= 0.3 is 0 Å². The lowest BCUT2D eigenvalue weighted by Gasteiger charge is -2.36. The van der Waals surface area contributed by atoms with Gasteiger partial charge in [0.25, 0.3) is 0 Å². The summed E-state index contributed by atoms with van der Waals surface area (Å²) < 4.78 is 0. The minimum atomic E-state index is 0.704. The van der Waals surface area contributed by atoms with E-state index < -0.39 is 0 Å². The van der Waals surface area contributed by atoms with Gasteiger partial charge < -0.3 is 5.32 Å². The van der Waals surface area contributed by atoms with Crippen molar-refractivity contribution >= 4 is 0 Å². The van der Waals surface area contributed by atoms with Crippen LogP contribution in [-0.4, -0.2) is 13.1 Å². The standard InChI is InChI=1S/C15H21N/c1-16-15(9-8-11-6-7-11)14-10-12-4-2-3-5-13(12)14/h2-5,11,14-16H,6-10H2,1H3. The van der Waals surface area contributed by atoms with Crippen molar-refractivity contribution in [2.75, 3.05) is 7.05 Å². The van der Waals surface area contributed by atoms with Gasteiger partial charge in [0.1, 0.15) is 0 Å². The molecule has 86 valence electrons. The van der Waals surface area contributed by atoms with Gasteiger partial charge in [0.05, 0.1) is 0 Å². The summed E-state index contributed by atoms with van der Waals surface area (Å²) in [6.07, 6.45) is 7.05. The van der Waals surface area contributed by atoms with Crippen LogP contribution in [0.2, 0.25) is 0 Å². The first-order valence-electron chi connectivity index (χ1n) is 6.63. The number of hydrogen-bond donors (Lipinski definition) is 1. The Morgan fingerprint density at radius 3 is 2.81 bits per heavy atom. The number of rotatable bonds is 5. The Morgan fingerprint density at radius 2 is 2.12 bits per heavy atom. The van der Waals surface area contributed by atoms with Crippen LogP contribution in [-0.2, 0) is 6.42 Å². The summed E-state index contributed by atoms with van der Waals surface area (Å²) in [6, 6.07) is 9.63. The first kappa shape index (κ1) is 10.3. The molecule has 2 aliphatic rings. The molecule has 3 rings (SSSR count). The second kappa shape index (κ2) is 4.21. The van der Waals surface area contributed by atoms with E-state index in [1.54, 1.807) is 11.1 Å². The van der Waals surface area contributed by atoms with E-state index in [1.165, 1.54) is 32.1 Å². The zero-order valence-corrected chi connectivity index (χ0v) is 10.1. The predicted octanol–water partition coefficient (Wildman–Crippen LogP) is 3.10. The highest BCUT2D eigenvalue weighted by molar-refractivity contribution is 5.41. The van der Waals surface area contributed by atoms with Gasteiger partial charge in [-0.1, -0.05) is 37.1 Å². The smallest absolute Gasteiger partial charge is 0.0136 e. The average molecular weight is 215 g/mol. The van der Waals surface area contributed by atoms with E-state index >= 15 is 0 Å². The van der Waals surface area contributed by atoms with Gasteiger partial charge in [0.15, 0.2) is 0 Å². The van der Waals surface area contributed by atoms with Gasteiger partial charge in [-0.15, -0.1) is 0 Å². The molecular weight excluding hydrogens is 194 g/mol. The minimum Gasteiger partial charge on any atom is -0.316 e. The highest BCUT2D eigenvalue weighted by Crippen LogP contribution is 2.40. The lowest BCUT2D eigenvalue weighted by atomic mass is 9.72. The zero-order chi connectivity index (χ0) is 11.0. The van der Waals surface area contributed by atoms with Crippen LogP contribution in [0.15, 0.2) is 24.3 Å². The fraction of sp³-hybridized carbons (Fsp3) is 0.600. The maximum atomic E-state index is 3.53. The Hall–Kier alpha value is -0.820. The van der Waals surface area contributed by atoms with Gasteiger partial charge in [0, 0.05) is 12.0 Å². The second-order valence-corrected chi connectivity index (χ2v) is 5.43. The van der Waals surface area contributed by atoms with Gasteiger partial charge in [0.2, 0.25) is 0 Å². The monoisotopic (exact) mass is 215 g/mol. The fourth-order valence-corrected chi connectivity index (χ4v) is 3.03. The Balaban J connectivity index is 1.63. The van der Waals surface area contributed by atoms with Gasteiger partial charge in [-0.3, -0.25) is 0 Å². The fourth-order valence-electron chi connectivity index (χ4n) is 3.03. The molecule has 16 heavy (non-hydrogen) atoms. The lowest BCUT2D eigenvalue weighted by Crippen LogP contribution is -2.38. The van der Waals surface area contributed by atoms with Crippen LogP contribution in [0, 0.1) is 5.92 Å². The lowest BCUT2D eigenvalue weighted by molar-refractivity contribution is 0.386. The maximum absolute atomic E-state index is 3.53. The van der Waals surface area contributed by atoms with E-state index in [0.29, 0.717) is 6.04 Å². The topological polar surface area (TPSA) is 12.0 Å². The van der Waals surface area contributed by atoms with Crippen molar-refractivity contribution in [1.82, 2.24) is 5.32 Å². The first-order valence-corrected chi connectivity index (χ1v) is 6.63. The molecule has 2 atom stereocenters. The maximum Gasteiger partial charge on any atom is 0.0136 e. The molecule has 2 aliphatic carbocycles. The van der Waals surface area contributed by atoms with E-state index in [-0.39, 0.29) is 0 Å². The second-order valence-electron chi connectivity index (χ2n) is 5.43. The summed E-state index contributed by atoms with van der Waals surface area (Å²) in [6.45, 7) is 0. The van der Waals surface area contributed by atoms with Crippen molar-refractivity contribution in [1.29, 1.82) is 0 Å². The summed E-state index contributed by atoms with van der Waals surface area (Å²) in [7, 11) is 2.12. The van der Waals surface area contributed by atoms with Crippen LogP contribution in [0.5, 0.6) is 0 Å². The van der Waals surface area contributed by atoms with Crippen LogP contribution in [0.4, 0.5) is 0 Å². The third-order valence-corrected chi connectivity index (χ3v) is 4.33. The molecule has 1 nitrogen and oxygen atoms in total. The number of benzene rings is 1. The SMILES string of the molecule is CNC(CCC1CC1)C1Cc2ccccc21. The summed E-state index contributed by atoms with van der Waals surface area (Å²) in [5, 5.41) is 3.53. The van der Waals surface area contributed by atoms with Crippen LogP contribution in [0.25, 0.3) is 0 Å². The van der Waals surface area contributed by atoms with Gasteiger partial charge in [-0.25, -0.2) is 0 Å². The molecule has 1 aromatic carbocycles. The quantitative estimate of drug-likeness (QED) is 0.796. The molecule has 2 unspecified atom stereocenters. The largest absolute Gasteiger partial charge is 0.316 e. The summed E-state index contributed by atoms with van der Waals surface area (Å²) in [4.78, 5) is 0. The average Bonchev–Trinajstić information content (AvgIpc) is 3.08. The van der Waals surface area contributed by atoms with E-state index in [0.717, 1.165) is 11.8 Å². The molecule has 0 radical (unpaired) electrons. The molecule has 0 heterocycles. The molecule has 1 fully saturated rings. The molecule has 1 saturated carbocycles. The van der Waals surface area contributed by atoms with Crippen molar-refractivity contribution in [2.24, 2.45) is 5.92 Å². The third kappa shape index (κ3) is 1.89. The number of hydrogen-bond acceptors (Lipinski definition) is 1. The summed E-state index contributed by atoms with van der Waals surface area (Å²) in [5.41, 5.74) is 3.16. The summed E-state index contributed by atoms with van der Waals surface area (Å²) >= 11 is 0. The van der Waals surface area contributed by atoms with Crippen LogP contribution < -0.4 is 5.32 Å². The molecule has 0 aliphatic heterocycles. The summed E-state index contributed by atoms with van der Waals surface area (Å²) in [5.74, 6) is 1.84. The van der Waals surface area contributed by atoms with Gasteiger partial charge in [-0.05, 0) is 43.4 Å². The molecular formula is C15H21N. The van der Waals surface area contributed by atoms with Crippen LogP contribution >= 0.6 is 0 Å². The highest BCUT2D eigenvalue weighted by atomic mass is 14.9. The van der Waals surface area contributed by atoms with Crippen molar-refractivity contribution < 1.29 is 0 Å². The van der Waals surface area contributed by atoms with Crippen LogP contribution in [0.3, 0.4) is 0 Å². The van der Waals surface area contributed by atoms with E-state index in [1.807, 2.05) is 0 Å². The highest BCUT2D eigenvalue weighted by Gasteiger charge is 2.32. The molecule has 0 aromatic heterocycles. The van der Waals surface area contributed by atoms with Crippen LogP contribution in [0.1, 0.15) is 42.7 Å². The Labute approximate surface area is 98.3 Å². The Kier molecular flexibility index (Phi) is 2.72.